The summed E-state index contributed by atoms with van der Waals surface area (Å²) >= 11 is 0. The summed E-state index contributed by atoms with van der Waals surface area (Å²) < 4.78 is 0. The Bertz CT molecular complexity index is 303. The first-order chi connectivity index (χ1) is 7.45. The molecule has 2 aliphatic carbocycles. The standard InChI is InChI=1S/C15H20/c1-3-8-14(9-4-1)12-7-13-15-10-5-2-6-11-15/h1,3,8,15H,2,4-6,9-12H2. The van der Waals surface area contributed by atoms with Crippen molar-refractivity contribution in [3.8, 4) is 11.8 Å². The Kier molecular flexibility index (Phi) is 4.09. The SMILES string of the molecule is C(#CC1CCCCC1)CC1=CC=CCC1. The van der Waals surface area contributed by atoms with Crippen molar-refractivity contribution in [3.05, 3.63) is 23.8 Å². The average Bonchev–Trinajstić information content (AvgIpc) is 2.32. The predicted molar refractivity (Wildman–Crippen MR) is 65.4 cm³/mol. The lowest BCUT2D eigenvalue weighted by Gasteiger charge is -2.15. The number of rotatable bonds is 1. The Morgan fingerprint density at radius 2 is 2.07 bits per heavy atom. The van der Waals surface area contributed by atoms with Crippen LogP contribution in [0.2, 0.25) is 0 Å². The first-order valence-electron chi connectivity index (χ1n) is 6.28. The fourth-order valence-corrected chi connectivity index (χ4v) is 2.36. The fraction of sp³-hybridized carbons (Fsp3) is 0.600. The van der Waals surface area contributed by atoms with Gasteiger partial charge in [-0.25, -0.2) is 0 Å². The van der Waals surface area contributed by atoms with Gasteiger partial charge >= 0.3 is 0 Å². The third-order valence-corrected chi connectivity index (χ3v) is 3.33. The summed E-state index contributed by atoms with van der Waals surface area (Å²) in [4.78, 5) is 0. The van der Waals surface area contributed by atoms with E-state index in [0.717, 1.165) is 6.42 Å². The average molecular weight is 200 g/mol. The fourth-order valence-electron chi connectivity index (χ4n) is 2.36. The lowest BCUT2D eigenvalue weighted by atomic mass is 9.89. The molecule has 0 aliphatic heterocycles. The maximum absolute atomic E-state index is 3.45. The van der Waals surface area contributed by atoms with Crippen LogP contribution in [0.15, 0.2) is 23.8 Å². The minimum absolute atomic E-state index is 0.707. The minimum atomic E-state index is 0.707. The normalized spacial score (nSPS) is 21.7. The van der Waals surface area contributed by atoms with Crippen LogP contribution in [-0.2, 0) is 0 Å². The van der Waals surface area contributed by atoms with Gasteiger partial charge in [0.1, 0.15) is 0 Å². The Labute approximate surface area is 93.5 Å². The van der Waals surface area contributed by atoms with Crippen LogP contribution < -0.4 is 0 Å². The molecular formula is C15H20. The van der Waals surface area contributed by atoms with Gasteiger partial charge in [0.25, 0.3) is 0 Å². The monoisotopic (exact) mass is 200 g/mol. The van der Waals surface area contributed by atoms with Crippen molar-refractivity contribution in [2.45, 2.75) is 51.4 Å². The van der Waals surface area contributed by atoms with Crippen molar-refractivity contribution < 1.29 is 0 Å². The van der Waals surface area contributed by atoms with Gasteiger partial charge in [0.2, 0.25) is 0 Å². The van der Waals surface area contributed by atoms with Gasteiger partial charge in [-0.2, -0.15) is 0 Å². The molecule has 0 amide bonds. The molecule has 0 bridgehead atoms. The highest BCUT2D eigenvalue weighted by Gasteiger charge is 2.09. The summed E-state index contributed by atoms with van der Waals surface area (Å²) in [7, 11) is 0. The van der Waals surface area contributed by atoms with Gasteiger partial charge < -0.3 is 0 Å². The van der Waals surface area contributed by atoms with Gasteiger partial charge in [-0.3, -0.25) is 0 Å². The molecule has 0 unspecified atom stereocenters. The summed E-state index contributed by atoms with van der Waals surface area (Å²) in [5, 5.41) is 0. The van der Waals surface area contributed by atoms with E-state index >= 15 is 0 Å². The Balaban J connectivity index is 1.78. The number of hydrogen-bond donors (Lipinski definition) is 0. The molecule has 0 aromatic heterocycles. The van der Waals surface area contributed by atoms with E-state index in [1.54, 1.807) is 0 Å². The lowest BCUT2D eigenvalue weighted by molar-refractivity contribution is 0.430. The second-order valence-corrected chi connectivity index (χ2v) is 4.62. The van der Waals surface area contributed by atoms with Crippen molar-refractivity contribution in [1.82, 2.24) is 0 Å². The Morgan fingerprint density at radius 3 is 2.80 bits per heavy atom. The smallest absolute Gasteiger partial charge is 0.0302 e. The van der Waals surface area contributed by atoms with E-state index < -0.39 is 0 Å². The summed E-state index contributed by atoms with van der Waals surface area (Å²) in [6, 6.07) is 0. The topological polar surface area (TPSA) is 0 Å². The molecular weight excluding hydrogens is 180 g/mol. The molecule has 0 aromatic rings. The summed E-state index contributed by atoms with van der Waals surface area (Å²) in [6.45, 7) is 0. The van der Waals surface area contributed by atoms with Crippen LogP contribution in [0, 0.1) is 17.8 Å². The van der Waals surface area contributed by atoms with Crippen LogP contribution >= 0.6 is 0 Å². The van der Waals surface area contributed by atoms with E-state index in [0.29, 0.717) is 5.92 Å². The lowest BCUT2D eigenvalue weighted by Crippen LogP contribution is -2.03. The molecule has 2 rings (SSSR count). The highest BCUT2D eigenvalue weighted by Crippen LogP contribution is 2.23. The second kappa shape index (κ2) is 5.81. The van der Waals surface area contributed by atoms with E-state index in [2.05, 4.69) is 30.1 Å². The highest BCUT2D eigenvalue weighted by molar-refractivity contribution is 5.22. The van der Waals surface area contributed by atoms with Gasteiger partial charge in [0.15, 0.2) is 0 Å². The van der Waals surface area contributed by atoms with Crippen molar-refractivity contribution >= 4 is 0 Å². The molecule has 0 atom stereocenters. The van der Waals surface area contributed by atoms with Crippen LogP contribution in [0.25, 0.3) is 0 Å². The largest absolute Gasteiger partial charge is 0.0996 e. The van der Waals surface area contributed by atoms with Gasteiger partial charge in [-0.05, 0) is 25.7 Å². The minimum Gasteiger partial charge on any atom is -0.0996 e. The number of hydrogen-bond acceptors (Lipinski definition) is 0. The van der Waals surface area contributed by atoms with Crippen LogP contribution in [0.3, 0.4) is 0 Å². The molecule has 80 valence electrons. The van der Waals surface area contributed by atoms with E-state index in [9.17, 15) is 0 Å². The molecule has 0 aromatic carbocycles. The molecule has 15 heavy (non-hydrogen) atoms. The van der Waals surface area contributed by atoms with Crippen molar-refractivity contribution in [2.75, 3.05) is 0 Å². The zero-order valence-corrected chi connectivity index (χ0v) is 9.47. The van der Waals surface area contributed by atoms with Gasteiger partial charge in [-0.15, -0.1) is 0 Å². The molecule has 0 saturated heterocycles. The van der Waals surface area contributed by atoms with Crippen LogP contribution in [0.5, 0.6) is 0 Å². The number of allylic oxidation sites excluding steroid dienone is 4. The zero-order valence-electron chi connectivity index (χ0n) is 9.47. The Hall–Kier alpha value is -0.960. The van der Waals surface area contributed by atoms with Crippen LogP contribution in [0.1, 0.15) is 51.4 Å². The third-order valence-electron chi connectivity index (χ3n) is 3.33. The van der Waals surface area contributed by atoms with E-state index in [1.807, 2.05) is 0 Å². The van der Waals surface area contributed by atoms with Gasteiger partial charge in [0, 0.05) is 12.3 Å². The molecule has 1 fully saturated rings. The first kappa shape index (κ1) is 10.6. The predicted octanol–water partition coefficient (Wildman–Crippen LogP) is 4.24. The van der Waals surface area contributed by atoms with E-state index in [1.165, 1.54) is 50.5 Å². The van der Waals surface area contributed by atoms with E-state index in [4.69, 9.17) is 0 Å². The molecule has 2 aliphatic rings. The van der Waals surface area contributed by atoms with Crippen molar-refractivity contribution in [2.24, 2.45) is 5.92 Å². The highest BCUT2D eigenvalue weighted by atomic mass is 14.1. The first-order valence-corrected chi connectivity index (χ1v) is 6.28. The van der Waals surface area contributed by atoms with Crippen LogP contribution in [-0.4, -0.2) is 0 Å². The summed E-state index contributed by atoms with van der Waals surface area (Å²) in [5.74, 6) is 7.53. The van der Waals surface area contributed by atoms with Gasteiger partial charge in [0.05, 0.1) is 0 Å². The molecule has 0 N–H and O–H groups in total. The van der Waals surface area contributed by atoms with Gasteiger partial charge in [-0.1, -0.05) is 54.9 Å². The maximum Gasteiger partial charge on any atom is 0.0302 e. The van der Waals surface area contributed by atoms with E-state index in [-0.39, 0.29) is 0 Å². The summed E-state index contributed by atoms with van der Waals surface area (Å²) in [6.07, 6.45) is 17.0. The maximum atomic E-state index is 3.45. The van der Waals surface area contributed by atoms with Crippen molar-refractivity contribution in [1.29, 1.82) is 0 Å². The second-order valence-electron chi connectivity index (χ2n) is 4.62. The molecule has 0 radical (unpaired) electrons. The molecule has 0 heteroatoms. The Morgan fingerprint density at radius 1 is 1.20 bits per heavy atom. The van der Waals surface area contributed by atoms with Crippen molar-refractivity contribution in [3.63, 3.8) is 0 Å². The van der Waals surface area contributed by atoms with Crippen LogP contribution in [0.4, 0.5) is 0 Å². The third kappa shape index (κ3) is 3.59. The molecule has 0 spiro atoms. The summed E-state index contributed by atoms with van der Waals surface area (Å²) in [5.41, 5.74) is 1.51. The zero-order chi connectivity index (χ0) is 10.3. The molecule has 0 nitrogen and oxygen atoms in total. The molecule has 0 heterocycles. The molecule has 1 saturated carbocycles. The quantitative estimate of drug-likeness (QED) is 0.555.